The van der Waals surface area contributed by atoms with Gasteiger partial charge in [-0.15, -0.1) is 0 Å². The molecule has 0 aliphatic carbocycles. The van der Waals surface area contributed by atoms with Crippen molar-refractivity contribution in [2.75, 3.05) is 6.54 Å². The lowest BCUT2D eigenvalue weighted by molar-refractivity contribution is -0.125. The van der Waals surface area contributed by atoms with Crippen LogP contribution in [0.3, 0.4) is 0 Å². The van der Waals surface area contributed by atoms with Gasteiger partial charge in [-0.2, -0.15) is 0 Å². The fourth-order valence-electron chi connectivity index (χ4n) is 2.69. The van der Waals surface area contributed by atoms with Crippen molar-refractivity contribution in [1.29, 1.82) is 0 Å². The molecule has 1 unspecified atom stereocenters. The summed E-state index contributed by atoms with van der Waals surface area (Å²) in [7, 11) is 0. The maximum absolute atomic E-state index is 11.5. The molecule has 17 heavy (non-hydrogen) atoms. The van der Waals surface area contributed by atoms with Gasteiger partial charge in [0.05, 0.1) is 6.04 Å². The smallest absolute Gasteiger partial charge is 0.235 e. The lowest BCUT2D eigenvalue weighted by Gasteiger charge is -2.35. The molecule has 0 spiro atoms. The van der Waals surface area contributed by atoms with Gasteiger partial charge in [-0.3, -0.25) is 9.69 Å². The summed E-state index contributed by atoms with van der Waals surface area (Å²) < 4.78 is 0. The van der Waals surface area contributed by atoms with Crippen LogP contribution >= 0.6 is 0 Å². The molecule has 3 heteroatoms. The van der Waals surface area contributed by atoms with Crippen LogP contribution in [0.2, 0.25) is 0 Å². The van der Waals surface area contributed by atoms with Gasteiger partial charge in [0.15, 0.2) is 0 Å². The quantitative estimate of drug-likeness (QED) is 0.859. The first kappa shape index (κ1) is 12.1. The van der Waals surface area contributed by atoms with Gasteiger partial charge in [-0.25, -0.2) is 0 Å². The zero-order chi connectivity index (χ0) is 12.4. The molecule has 0 aromatic heterocycles. The summed E-state index contributed by atoms with van der Waals surface area (Å²) >= 11 is 0. The summed E-state index contributed by atoms with van der Waals surface area (Å²) in [4.78, 5) is 13.7. The number of nitrogens with two attached hydrogens (primary N) is 1. The molecule has 0 saturated carbocycles. The Kier molecular flexibility index (Phi) is 3.48. The summed E-state index contributed by atoms with van der Waals surface area (Å²) in [5.41, 5.74) is 8.23. The van der Waals surface area contributed by atoms with E-state index in [1.807, 2.05) is 0 Å². The lowest BCUT2D eigenvalue weighted by atomic mass is 9.95. The van der Waals surface area contributed by atoms with Crippen molar-refractivity contribution in [3.63, 3.8) is 0 Å². The van der Waals surface area contributed by atoms with Gasteiger partial charge in [0.2, 0.25) is 5.91 Å². The average molecular weight is 232 g/mol. The normalized spacial score (nSPS) is 17.8. The summed E-state index contributed by atoms with van der Waals surface area (Å²) in [6.45, 7) is 5.86. The summed E-state index contributed by atoms with van der Waals surface area (Å²) in [6.07, 6.45) is 1.01. The number of carbonyl (C=O) groups excluding carboxylic acids is 1. The predicted octanol–water partition coefficient (Wildman–Crippen LogP) is 1.55. The van der Waals surface area contributed by atoms with E-state index in [-0.39, 0.29) is 17.9 Å². The minimum atomic E-state index is -0.209. The Balaban J connectivity index is 2.19. The minimum absolute atomic E-state index is 0.150. The second-order valence-electron chi connectivity index (χ2n) is 5.08. The van der Waals surface area contributed by atoms with Crippen LogP contribution in [0.4, 0.5) is 0 Å². The molecule has 92 valence electrons. The Morgan fingerprint density at radius 1 is 1.29 bits per heavy atom. The number of primary amides is 1. The maximum atomic E-state index is 11.5. The highest BCUT2D eigenvalue weighted by atomic mass is 16.1. The average Bonchev–Trinajstić information content (AvgIpc) is 2.28. The van der Waals surface area contributed by atoms with Crippen LogP contribution in [0.25, 0.3) is 0 Å². The van der Waals surface area contributed by atoms with Crippen LogP contribution in [0, 0.1) is 5.92 Å². The van der Waals surface area contributed by atoms with Crippen molar-refractivity contribution in [1.82, 2.24) is 4.90 Å². The Morgan fingerprint density at radius 3 is 2.53 bits per heavy atom. The van der Waals surface area contributed by atoms with Crippen LogP contribution in [-0.2, 0) is 17.8 Å². The number of rotatable bonds is 3. The van der Waals surface area contributed by atoms with Crippen molar-refractivity contribution < 1.29 is 4.79 Å². The van der Waals surface area contributed by atoms with E-state index in [4.69, 9.17) is 5.73 Å². The van der Waals surface area contributed by atoms with Crippen molar-refractivity contribution in [2.45, 2.75) is 32.9 Å². The fourth-order valence-corrected chi connectivity index (χ4v) is 2.69. The topological polar surface area (TPSA) is 46.3 Å². The van der Waals surface area contributed by atoms with Crippen molar-refractivity contribution in [3.8, 4) is 0 Å². The molecule has 1 amide bonds. The lowest BCUT2D eigenvalue weighted by Crippen LogP contribution is -2.49. The number of nitrogens with zero attached hydrogens (tertiary/aromatic N) is 1. The third-order valence-corrected chi connectivity index (χ3v) is 3.48. The number of benzene rings is 1. The zero-order valence-corrected chi connectivity index (χ0v) is 10.5. The molecular weight excluding hydrogens is 212 g/mol. The van der Waals surface area contributed by atoms with Gasteiger partial charge < -0.3 is 5.73 Å². The molecule has 1 aromatic carbocycles. The van der Waals surface area contributed by atoms with E-state index in [9.17, 15) is 4.79 Å². The van der Waals surface area contributed by atoms with Crippen LogP contribution in [0.15, 0.2) is 24.3 Å². The van der Waals surface area contributed by atoms with Gasteiger partial charge in [0.1, 0.15) is 0 Å². The summed E-state index contributed by atoms with van der Waals surface area (Å²) in [5.74, 6) is 0.0529. The molecule has 0 radical (unpaired) electrons. The molecule has 1 heterocycles. The SMILES string of the molecule is CC(C)C(C(N)=O)N1CCc2ccccc2C1. The highest BCUT2D eigenvalue weighted by Gasteiger charge is 2.29. The Hall–Kier alpha value is -1.35. The first-order chi connectivity index (χ1) is 8.09. The predicted molar refractivity (Wildman–Crippen MR) is 68.4 cm³/mol. The first-order valence-electron chi connectivity index (χ1n) is 6.19. The molecule has 1 aromatic rings. The van der Waals surface area contributed by atoms with E-state index in [0.29, 0.717) is 0 Å². The number of fused-ring (bicyclic) bond motifs is 1. The molecule has 1 aliphatic heterocycles. The first-order valence-corrected chi connectivity index (χ1v) is 6.19. The van der Waals surface area contributed by atoms with Gasteiger partial charge in [-0.1, -0.05) is 38.1 Å². The van der Waals surface area contributed by atoms with Crippen molar-refractivity contribution >= 4 is 5.91 Å². The molecular formula is C14H20N2O. The second-order valence-corrected chi connectivity index (χ2v) is 5.08. The molecule has 3 nitrogen and oxygen atoms in total. The number of hydrogen-bond acceptors (Lipinski definition) is 2. The number of hydrogen-bond donors (Lipinski definition) is 1. The van der Waals surface area contributed by atoms with E-state index in [2.05, 4.69) is 43.0 Å². The molecule has 2 N–H and O–H groups in total. The van der Waals surface area contributed by atoms with E-state index < -0.39 is 0 Å². The molecule has 0 bridgehead atoms. The standard InChI is InChI=1S/C14H20N2O/c1-10(2)13(14(15)17)16-8-7-11-5-3-4-6-12(11)9-16/h3-6,10,13H,7-9H2,1-2H3,(H2,15,17). The van der Waals surface area contributed by atoms with Crippen LogP contribution < -0.4 is 5.73 Å². The number of amides is 1. The summed E-state index contributed by atoms with van der Waals surface area (Å²) in [6, 6.07) is 8.28. The van der Waals surface area contributed by atoms with Gasteiger partial charge in [-0.05, 0) is 23.5 Å². The zero-order valence-electron chi connectivity index (χ0n) is 10.5. The third-order valence-electron chi connectivity index (χ3n) is 3.48. The van der Waals surface area contributed by atoms with Crippen LogP contribution in [0.1, 0.15) is 25.0 Å². The van der Waals surface area contributed by atoms with Gasteiger partial charge in [0.25, 0.3) is 0 Å². The van der Waals surface area contributed by atoms with Gasteiger partial charge >= 0.3 is 0 Å². The highest BCUT2D eigenvalue weighted by molar-refractivity contribution is 5.80. The Labute approximate surface area is 103 Å². The monoisotopic (exact) mass is 232 g/mol. The highest BCUT2D eigenvalue weighted by Crippen LogP contribution is 2.22. The van der Waals surface area contributed by atoms with Crippen LogP contribution in [-0.4, -0.2) is 23.4 Å². The largest absolute Gasteiger partial charge is 0.368 e. The van der Waals surface area contributed by atoms with E-state index >= 15 is 0 Å². The Bertz CT molecular complexity index is 414. The maximum Gasteiger partial charge on any atom is 0.235 e. The van der Waals surface area contributed by atoms with Crippen LogP contribution in [0.5, 0.6) is 0 Å². The van der Waals surface area contributed by atoms with Gasteiger partial charge in [0, 0.05) is 13.1 Å². The molecule has 1 aliphatic rings. The third kappa shape index (κ3) is 2.50. The second kappa shape index (κ2) is 4.88. The Morgan fingerprint density at radius 2 is 1.94 bits per heavy atom. The molecule has 1 atom stereocenters. The molecule has 0 fully saturated rings. The van der Waals surface area contributed by atoms with E-state index in [1.54, 1.807) is 0 Å². The summed E-state index contributed by atoms with van der Waals surface area (Å²) in [5, 5.41) is 0. The van der Waals surface area contributed by atoms with Crippen molar-refractivity contribution in [2.24, 2.45) is 11.7 Å². The van der Waals surface area contributed by atoms with E-state index in [1.165, 1.54) is 11.1 Å². The molecule has 2 rings (SSSR count). The fraction of sp³-hybridized carbons (Fsp3) is 0.500. The number of carbonyl (C=O) groups is 1. The van der Waals surface area contributed by atoms with Crippen molar-refractivity contribution in [3.05, 3.63) is 35.4 Å². The van der Waals surface area contributed by atoms with E-state index in [0.717, 1.165) is 19.5 Å². The molecule has 0 saturated heterocycles. The minimum Gasteiger partial charge on any atom is -0.368 e.